The lowest BCUT2D eigenvalue weighted by atomic mass is 10.1. The first-order chi connectivity index (χ1) is 8.76. The van der Waals surface area contributed by atoms with Crippen molar-refractivity contribution in [1.29, 1.82) is 0 Å². The van der Waals surface area contributed by atoms with E-state index in [1.807, 2.05) is 30.5 Å². The number of ether oxygens (including phenoxy) is 1. The molecular weight excluding hydrogens is 230 g/mol. The molecule has 5 heteroatoms. The molecule has 1 aromatic heterocycles. The summed E-state index contributed by atoms with van der Waals surface area (Å²) in [6.07, 6.45) is 2.22. The van der Waals surface area contributed by atoms with Crippen LogP contribution in [0.4, 0.5) is 0 Å². The molecule has 0 bridgehead atoms. The Morgan fingerprint density at radius 2 is 2.22 bits per heavy atom. The molecule has 1 aromatic carbocycles. The molecule has 0 aliphatic rings. The maximum absolute atomic E-state index is 11.6. The van der Waals surface area contributed by atoms with E-state index in [4.69, 9.17) is 10.6 Å². The molecule has 3 N–H and O–H groups in total. The zero-order valence-corrected chi connectivity index (χ0v) is 10.1. The number of esters is 1. The molecule has 0 spiro atoms. The Hall–Kier alpha value is -2.30. The molecule has 0 amide bonds. The molecule has 0 fully saturated rings. The van der Waals surface area contributed by atoms with Gasteiger partial charge in [0.1, 0.15) is 5.71 Å². The van der Waals surface area contributed by atoms with E-state index in [1.54, 1.807) is 6.92 Å². The average Bonchev–Trinajstić information content (AvgIpc) is 2.79. The van der Waals surface area contributed by atoms with Crippen molar-refractivity contribution in [3.63, 3.8) is 0 Å². The van der Waals surface area contributed by atoms with Crippen LogP contribution < -0.4 is 5.84 Å². The molecule has 2 rings (SSSR count). The molecule has 0 aliphatic carbocycles. The van der Waals surface area contributed by atoms with Crippen LogP contribution in [-0.2, 0) is 16.0 Å². The number of aromatic nitrogens is 1. The first-order valence-corrected chi connectivity index (χ1v) is 5.75. The molecule has 0 radical (unpaired) electrons. The van der Waals surface area contributed by atoms with Crippen molar-refractivity contribution in [1.82, 2.24) is 4.98 Å². The Morgan fingerprint density at radius 1 is 1.44 bits per heavy atom. The predicted octanol–water partition coefficient (Wildman–Crippen LogP) is 1.59. The Bertz CT molecular complexity index is 587. The van der Waals surface area contributed by atoms with Crippen molar-refractivity contribution in [2.24, 2.45) is 10.9 Å². The first-order valence-electron chi connectivity index (χ1n) is 5.75. The van der Waals surface area contributed by atoms with Gasteiger partial charge in [0.2, 0.25) is 0 Å². The second-order valence-corrected chi connectivity index (χ2v) is 3.83. The Balaban J connectivity index is 2.25. The van der Waals surface area contributed by atoms with Gasteiger partial charge in [-0.25, -0.2) is 4.79 Å². The minimum absolute atomic E-state index is 0.224. The van der Waals surface area contributed by atoms with Crippen LogP contribution in [-0.4, -0.2) is 23.3 Å². The van der Waals surface area contributed by atoms with Gasteiger partial charge in [-0.05, 0) is 18.6 Å². The Labute approximate surface area is 105 Å². The second kappa shape index (κ2) is 5.35. The molecule has 0 aliphatic heterocycles. The number of benzene rings is 1. The minimum atomic E-state index is -0.467. The lowest BCUT2D eigenvalue weighted by Gasteiger charge is -2.03. The molecule has 18 heavy (non-hydrogen) atoms. The maximum atomic E-state index is 11.6. The molecule has 0 saturated heterocycles. The van der Waals surface area contributed by atoms with E-state index < -0.39 is 5.97 Å². The number of fused-ring (bicyclic) bond motifs is 1. The fourth-order valence-corrected chi connectivity index (χ4v) is 1.84. The van der Waals surface area contributed by atoms with Crippen LogP contribution in [0.25, 0.3) is 10.9 Å². The summed E-state index contributed by atoms with van der Waals surface area (Å²) in [5.74, 6) is 4.77. The number of carbonyl (C=O) groups is 1. The average molecular weight is 245 g/mol. The maximum Gasteiger partial charge on any atom is 0.354 e. The van der Waals surface area contributed by atoms with E-state index in [-0.39, 0.29) is 5.71 Å². The summed E-state index contributed by atoms with van der Waals surface area (Å²) >= 11 is 0. The van der Waals surface area contributed by atoms with Crippen LogP contribution in [0, 0.1) is 0 Å². The lowest BCUT2D eigenvalue weighted by Crippen LogP contribution is -2.21. The van der Waals surface area contributed by atoms with Crippen LogP contribution in [0.15, 0.2) is 35.6 Å². The van der Waals surface area contributed by atoms with Crippen LogP contribution in [0.3, 0.4) is 0 Å². The largest absolute Gasteiger partial charge is 0.461 e. The van der Waals surface area contributed by atoms with Gasteiger partial charge in [-0.15, -0.1) is 0 Å². The predicted molar refractivity (Wildman–Crippen MR) is 70.3 cm³/mol. The number of nitrogens with one attached hydrogen (secondary N) is 1. The molecule has 0 unspecified atom stereocenters. The molecule has 2 aromatic rings. The van der Waals surface area contributed by atoms with E-state index >= 15 is 0 Å². The van der Waals surface area contributed by atoms with Crippen molar-refractivity contribution in [2.45, 2.75) is 13.3 Å². The number of carbonyl (C=O) groups excluding carboxylic acids is 1. The van der Waals surface area contributed by atoms with E-state index in [1.165, 1.54) is 0 Å². The number of hydrogen-bond donors (Lipinski definition) is 2. The van der Waals surface area contributed by atoms with Gasteiger partial charge in [-0.1, -0.05) is 18.2 Å². The van der Waals surface area contributed by atoms with Gasteiger partial charge in [-0.3, -0.25) is 0 Å². The zero-order chi connectivity index (χ0) is 13.0. The number of aromatic amines is 1. The normalized spacial score (nSPS) is 11.7. The van der Waals surface area contributed by atoms with Gasteiger partial charge < -0.3 is 15.6 Å². The first kappa shape index (κ1) is 12.2. The number of hydrazone groups is 1. The topological polar surface area (TPSA) is 80.5 Å². The van der Waals surface area contributed by atoms with Crippen LogP contribution in [0.1, 0.15) is 12.5 Å². The van der Waals surface area contributed by atoms with Gasteiger partial charge in [0.15, 0.2) is 0 Å². The van der Waals surface area contributed by atoms with Crippen molar-refractivity contribution >= 4 is 22.6 Å². The van der Waals surface area contributed by atoms with Crippen molar-refractivity contribution < 1.29 is 9.53 Å². The number of para-hydroxylation sites is 1. The number of H-pyrrole nitrogens is 1. The Kier molecular flexibility index (Phi) is 3.62. The van der Waals surface area contributed by atoms with Crippen molar-refractivity contribution in [3.05, 3.63) is 36.0 Å². The van der Waals surface area contributed by atoms with E-state index in [9.17, 15) is 4.79 Å². The highest BCUT2D eigenvalue weighted by molar-refractivity contribution is 6.37. The Morgan fingerprint density at radius 3 is 2.94 bits per heavy atom. The highest BCUT2D eigenvalue weighted by Gasteiger charge is 2.15. The minimum Gasteiger partial charge on any atom is -0.461 e. The van der Waals surface area contributed by atoms with E-state index in [0.717, 1.165) is 16.5 Å². The third kappa shape index (κ3) is 2.34. The summed E-state index contributed by atoms with van der Waals surface area (Å²) < 4.78 is 4.90. The molecular formula is C13H15N3O2. The number of nitrogens with two attached hydrogens (primary N) is 1. The lowest BCUT2D eigenvalue weighted by molar-refractivity contribution is -0.135. The summed E-state index contributed by atoms with van der Waals surface area (Å²) in [4.78, 5) is 14.7. The van der Waals surface area contributed by atoms with Gasteiger partial charge in [0, 0.05) is 23.5 Å². The van der Waals surface area contributed by atoms with Crippen LogP contribution in [0.5, 0.6) is 0 Å². The van der Waals surface area contributed by atoms with Crippen molar-refractivity contribution in [2.75, 3.05) is 6.61 Å². The summed E-state index contributed by atoms with van der Waals surface area (Å²) in [6, 6.07) is 7.86. The SMILES string of the molecule is CCOC(=O)/C(Cc1c[nH]c2ccccc12)=N\N. The highest BCUT2D eigenvalue weighted by Crippen LogP contribution is 2.18. The van der Waals surface area contributed by atoms with E-state index in [0.29, 0.717) is 13.0 Å². The van der Waals surface area contributed by atoms with Crippen LogP contribution >= 0.6 is 0 Å². The summed E-state index contributed by atoms with van der Waals surface area (Å²) in [5, 5.41) is 4.57. The third-order valence-electron chi connectivity index (χ3n) is 2.70. The fraction of sp³-hybridized carbons (Fsp3) is 0.231. The molecule has 0 saturated carbocycles. The van der Waals surface area contributed by atoms with Crippen LogP contribution in [0.2, 0.25) is 0 Å². The summed E-state index contributed by atoms with van der Waals surface area (Å²) in [6.45, 7) is 2.06. The smallest absolute Gasteiger partial charge is 0.354 e. The third-order valence-corrected chi connectivity index (χ3v) is 2.70. The quantitative estimate of drug-likeness (QED) is 0.371. The second-order valence-electron chi connectivity index (χ2n) is 3.83. The summed E-state index contributed by atoms with van der Waals surface area (Å²) in [7, 11) is 0. The number of hydrogen-bond acceptors (Lipinski definition) is 4. The summed E-state index contributed by atoms with van der Waals surface area (Å²) in [5.41, 5.74) is 2.22. The number of nitrogens with zero attached hydrogens (tertiary/aromatic N) is 1. The van der Waals surface area contributed by atoms with Crippen molar-refractivity contribution in [3.8, 4) is 0 Å². The molecule has 1 heterocycles. The number of rotatable bonds is 4. The zero-order valence-electron chi connectivity index (χ0n) is 10.1. The van der Waals surface area contributed by atoms with Gasteiger partial charge in [0.25, 0.3) is 0 Å². The molecule has 0 atom stereocenters. The van der Waals surface area contributed by atoms with Gasteiger partial charge in [-0.2, -0.15) is 5.10 Å². The highest BCUT2D eigenvalue weighted by atomic mass is 16.5. The van der Waals surface area contributed by atoms with E-state index in [2.05, 4.69) is 10.1 Å². The fourth-order valence-electron chi connectivity index (χ4n) is 1.84. The molecule has 5 nitrogen and oxygen atoms in total. The van der Waals surface area contributed by atoms with Gasteiger partial charge in [0.05, 0.1) is 6.61 Å². The van der Waals surface area contributed by atoms with Gasteiger partial charge >= 0.3 is 5.97 Å². The molecule has 94 valence electrons. The standard InChI is InChI=1S/C13H15N3O2/c1-2-18-13(17)12(16-14)7-9-8-15-11-6-4-3-5-10(9)11/h3-6,8,15H,2,7,14H2,1H3/b16-12-. The monoisotopic (exact) mass is 245 g/mol.